The molecule has 2 aromatic carbocycles. The second kappa shape index (κ2) is 8.25. The maximum atomic E-state index is 13.6. The fraction of sp³-hybridized carbons (Fsp3) is 0.391. The molecule has 6 heteroatoms. The Morgan fingerprint density at radius 1 is 1.03 bits per heavy atom. The molecule has 1 amide bonds. The van der Waals surface area contributed by atoms with Gasteiger partial charge in [0, 0.05) is 30.3 Å². The quantitative estimate of drug-likeness (QED) is 0.861. The van der Waals surface area contributed by atoms with E-state index >= 15 is 0 Å². The number of carbonyl (C=O) groups excluding carboxylic acids is 1. The number of carboxylic acid groups (broad SMARTS) is 1. The Hall–Kier alpha value is -2.86. The lowest BCUT2D eigenvalue weighted by atomic mass is 9.86. The Morgan fingerprint density at radius 2 is 1.66 bits per heavy atom. The second-order valence-corrected chi connectivity index (χ2v) is 7.83. The van der Waals surface area contributed by atoms with E-state index in [0.717, 1.165) is 41.9 Å². The zero-order valence-corrected chi connectivity index (χ0v) is 16.6. The summed E-state index contributed by atoms with van der Waals surface area (Å²) >= 11 is 0. The summed E-state index contributed by atoms with van der Waals surface area (Å²) in [4.78, 5) is 28.5. The molecule has 1 saturated heterocycles. The highest BCUT2D eigenvalue weighted by atomic mass is 16.5. The molecule has 0 aliphatic carbocycles. The van der Waals surface area contributed by atoms with Crippen LogP contribution in [-0.2, 0) is 9.59 Å². The molecule has 1 atom stereocenters. The van der Waals surface area contributed by atoms with Crippen molar-refractivity contribution in [1.29, 1.82) is 0 Å². The summed E-state index contributed by atoms with van der Waals surface area (Å²) in [6, 6.07) is 15.6. The zero-order chi connectivity index (χ0) is 20.4. The average molecular weight is 394 g/mol. The number of benzene rings is 2. The number of hydrogen-bond acceptors (Lipinski definition) is 4. The molecule has 0 saturated carbocycles. The van der Waals surface area contributed by atoms with Gasteiger partial charge in [-0.2, -0.15) is 0 Å². The van der Waals surface area contributed by atoms with Crippen LogP contribution in [0.25, 0.3) is 0 Å². The van der Waals surface area contributed by atoms with Gasteiger partial charge in [0.25, 0.3) is 0 Å². The van der Waals surface area contributed by atoms with Gasteiger partial charge in [0.15, 0.2) is 0 Å². The number of para-hydroxylation sites is 2. The molecule has 1 fully saturated rings. The summed E-state index contributed by atoms with van der Waals surface area (Å²) in [6.07, 6.45) is 2.55. The van der Waals surface area contributed by atoms with Crippen LogP contribution in [0.4, 0.5) is 0 Å². The van der Waals surface area contributed by atoms with Gasteiger partial charge in [0.1, 0.15) is 11.5 Å². The van der Waals surface area contributed by atoms with E-state index in [1.165, 1.54) is 0 Å². The molecule has 0 spiro atoms. The Kier molecular flexibility index (Phi) is 5.53. The van der Waals surface area contributed by atoms with Crippen molar-refractivity contribution in [1.82, 2.24) is 9.80 Å². The minimum absolute atomic E-state index is 0.0271. The van der Waals surface area contributed by atoms with Crippen molar-refractivity contribution in [2.75, 3.05) is 26.7 Å². The number of carbonyl (C=O) groups is 2. The van der Waals surface area contributed by atoms with Gasteiger partial charge >= 0.3 is 5.97 Å². The zero-order valence-electron chi connectivity index (χ0n) is 16.6. The Balaban J connectivity index is 1.56. The van der Waals surface area contributed by atoms with Crippen molar-refractivity contribution in [3.8, 4) is 11.5 Å². The highest BCUT2D eigenvalue weighted by Gasteiger charge is 2.36. The van der Waals surface area contributed by atoms with Crippen LogP contribution in [-0.4, -0.2) is 59.5 Å². The van der Waals surface area contributed by atoms with Gasteiger partial charge in [0.05, 0.1) is 12.5 Å². The third-order valence-electron chi connectivity index (χ3n) is 5.94. The normalized spacial score (nSPS) is 19.1. The monoisotopic (exact) mass is 394 g/mol. The van der Waals surface area contributed by atoms with Crippen LogP contribution in [0.2, 0.25) is 0 Å². The minimum Gasteiger partial charge on any atom is -0.480 e. The van der Waals surface area contributed by atoms with E-state index < -0.39 is 5.97 Å². The first kappa shape index (κ1) is 19.5. The molecule has 0 radical (unpaired) electrons. The number of fused-ring (bicyclic) bond motifs is 2. The summed E-state index contributed by atoms with van der Waals surface area (Å²) in [6.45, 7) is 1.35. The van der Waals surface area contributed by atoms with Crippen molar-refractivity contribution in [2.24, 2.45) is 0 Å². The highest BCUT2D eigenvalue weighted by Crippen LogP contribution is 2.44. The van der Waals surface area contributed by atoms with E-state index in [0.29, 0.717) is 13.1 Å². The molecule has 0 aromatic heterocycles. The Morgan fingerprint density at radius 3 is 2.28 bits per heavy atom. The lowest BCUT2D eigenvalue weighted by Gasteiger charge is -2.32. The molecular weight excluding hydrogens is 368 g/mol. The minimum atomic E-state index is -0.819. The predicted molar refractivity (Wildman–Crippen MR) is 109 cm³/mol. The number of ether oxygens (including phenoxy) is 1. The van der Waals surface area contributed by atoms with Crippen LogP contribution in [0, 0.1) is 0 Å². The van der Waals surface area contributed by atoms with Crippen LogP contribution in [0.15, 0.2) is 48.5 Å². The maximum absolute atomic E-state index is 13.6. The molecule has 2 aliphatic heterocycles. The lowest BCUT2D eigenvalue weighted by Crippen LogP contribution is -2.39. The molecule has 6 nitrogen and oxygen atoms in total. The number of amides is 1. The van der Waals surface area contributed by atoms with Crippen LogP contribution >= 0.6 is 0 Å². The highest BCUT2D eigenvalue weighted by molar-refractivity contribution is 5.89. The van der Waals surface area contributed by atoms with Crippen LogP contribution in [0.3, 0.4) is 0 Å². The van der Waals surface area contributed by atoms with Crippen molar-refractivity contribution < 1.29 is 19.4 Å². The van der Waals surface area contributed by atoms with E-state index in [-0.39, 0.29) is 24.4 Å². The van der Waals surface area contributed by atoms with Gasteiger partial charge < -0.3 is 14.7 Å². The lowest BCUT2D eigenvalue weighted by molar-refractivity contribution is -0.138. The van der Waals surface area contributed by atoms with Gasteiger partial charge in [-0.25, -0.2) is 0 Å². The molecule has 2 aromatic rings. The number of hydrogen-bond donors (Lipinski definition) is 1. The standard InChI is InChI=1S/C23H26N2O4/c1-24(15-21(26)27)16-7-6-13-25(14-12-16)23(28)22-17-8-2-4-10-19(17)29-20-11-5-3-9-18(20)22/h2-5,8-11,16,22H,6-7,12-15H2,1H3,(H,26,27). The van der Waals surface area contributed by atoms with Gasteiger partial charge in [0.2, 0.25) is 5.91 Å². The summed E-state index contributed by atoms with van der Waals surface area (Å²) in [5, 5.41) is 9.06. The summed E-state index contributed by atoms with van der Waals surface area (Å²) in [5.41, 5.74) is 1.81. The molecule has 0 bridgehead atoms. The SMILES string of the molecule is CN(CC(=O)O)C1CCCN(C(=O)C2c3ccccc3Oc3ccccc32)CC1. The van der Waals surface area contributed by atoms with Crippen LogP contribution in [0.5, 0.6) is 11.5 Å². The molecule has 152 valence electrons. The Bertz CT molecular complexity index is 868. The predicted octanol–water partition coefficient (Wildman–Crippen LogP) is 3.32. The smallest absolute Gasteiger partial charge is 0.317 e. The molecule has 1 N–H and O–H groups in total. The van der Waals surface area contributed by atoms with E-state index in [9.17, 15) is 9.59 Å². The average Bonchev–Trinajstić information content (AvgIpc) is 2.97. The van der Waals surface area contributed by atoms with Gasteiger partial charge in [-0.05, 0) is 38.4 Å². The first-order chi connectivity index (χ1) is 14.0. The number of likely N-dealkylation sites (N-methyl/N-ethyl adjacent to an activating group) is 1. The number of likely N-dealkylation sites (tertiary alicyclic amines) is 1. The topological polar surface area (TPSA) is 70.1 Å². The number of aliphatic carboxylic acids is 1. The van der Waals surface area contributed by atoms with Gasteiger partial charge in [-0.15, -0.1) is 0 Å². The molecule has 1 unspecified atom stereocenters. The second-order valence-electron chi connectivity index (χ2n) is 7.83. The van der Waals surface area contributed by atoms with Crippen molar-refractivity contribution in [3.05, 3.63) is 59.7 Å². The molecular formula is C23H26N2O4. The van der Waals surface area contributed by atoms with Crippen molar-refractivity contribution >= 4 is 11.9 Å². The third-order valence-corrected chi connectivity index (χ3v) is 5.94. The van der Waals surface area contributed by atoms with Crippen molar-refractivity contribution in [3.63, 3.8) is 0 Å². The number of carboxylic acids is 1. The molecule has 2 heterocycles. The van der Waals surface area contributed by atoms with E-state index in [1.54, 1.807) is 0 Å². The van der Waals surface area contributed by atoms with E-state index in [4.69, 9.17) is 9.84 Å². The van der Waals surface area contributed by atoms with Gasteiger partial charge in [-0.1, -0.05) is 36.4 Å². The van der Waals surface area contributed by atoms with Crippen LogP contribution in [0.1, 0.15) is 36.3 Å². The first-order valence-corrected chi connectivity index (χ1v) is 10.1. The number of rotatable bonds is 4. The summed E-state index contributed by atoms with van der Waals surface area (Å²) < 4.78 is 6.02. The molecule has 29 heavy (non-hydrogen) atoms. The third kappa shape index (κ3) is 3.98. The summed E-state index contributed by atoms with van der Waals surface area (Å²) in [5.74, 6) is 0.371. The first-order valence-electron chi connectivity index (χ1n) is 10.1. The molecule has 2 aliphatic rings. The maximum Gasteiger partial charge on any atom is 0.317 e. The van der Waals surface area contributed by atoms with Crippen LogP contribution < -0.4 is 4.74 Å². The fourth-order valence-corrected chi connectivity index (χ4v) is 4.44. The largest absolute Gasteiger partial charge is 0.480 e. The summed E-state index contributed by atoms with van der Waals surface area (Å²) in [7, 11) is 1.85. The van der Waals surface area contributed by atoms with Crippen molar-refractivity contribution in [2.45, 2.75) is 31.2 Å². The Labute approximate surface area is 170 Å². The number of nitrogens with zero attached hydrogens (tertiary/aromatic N) is 2. The molecule has 4 rings (SSSR count). The van der Waals surface area contributed by atoms with E-state index in [1.807, 2.05) is 65.4 Å². The van der Waals surface area contributed by atoms with E-state index in [2.05, 4.69) is 0 Å². The fourth-order valence-electron chi connectivity index (χ4n) is 4.44. The van der Waals surface area contributed by atoms with Gasteiger partial charge in [-0.3, -0.25) is 14.5 Å².